The van der Waals surface area contributed by atoms with E-state index in [2.05, 4.69) is 57.6 Å². The van der Waals surface area contributed by atoms with Crippen LogP contribution in [0, 0.1) is 0 Å². The molecule has 12 heavy (non-hydrogen) atoms. The zero-order chi connectivity index (χ0) is 9.35. The molecule has 1 aromatic heterocycles. The summed E-state index contributed by atoms with van der Waals surface area (Å²) < 4.78 is 2.12. The number of rotatable bonds is 0. The number of pyridine rings is 1. The first kappa shape index (κ1) is 10.2. The first-order valence-corrected chi connectivity index (χ1v) is 5.31. The molecule has 0 atom stereocenters. The van der Waals surface area contributed by atoms with E-state index in [0.717, 1.165) is 8.95 Å². The van der Waals surface area contributed by atoms with Crippen LogP contribution in [-0.2, 0) is 5.41 Å². The summed E-state index contributed by atoms with van der Waals surface area (Å²) in [6, 6.07) is 0. The van der Waals surface area contributed by atoms with Gasteiger partial charge in [0.05, 0.1) is 0 Å². The first-order chi connectivity index (χ1) is 5.43. The van der Waals surface area contributed by atoms with Crippen LogP contribution in [0.3, 0.4) is 0 Å². The minimum atomic E-state index is 0.139. The maximum absolute atomic E-state index is 4.06. The molecule has 0 aliphatic carbocycles. The van der Waals surface area contributed by atoms with Crippen molar-refractivity contribution in [3.05, 3.63) is 26.9 Å². The highest BCUT2D eigenvalue weighted by atomic mass is 79.9. The standard InChI is InChI=1S/C9H11Br2N/c1-9(2,3)8-6(10)4-12-5-7(8)11/h4-5H,1-3H3. The van der Waals surface area contributed by atoms with Crippen molar-refractivity contribution in [1.29, 1.82) is 0 Å². The Morgan fingerprint density at radius 2 is 1.50 bits per heavy atom. The Hall–Kier alpha value is 0.110. The predicted molar refractivity (Wildman–Crippen MR) is 58.3 cm³/mol. The minimum absolute atomic E-state index is 0.139. The molecule has 0 bridgehead atoms. The normalized spacial score (nSPS) is 11.8. The van der Waals surface area contributed by atoms with Gasteiger partial charge < -0.3 is 0 Å². The van der Waals surface area contributed by atoms with E-state index < -0.39 is 0 Å². The van der Waals surface area contributed by atoms with Crippen molar-refractivity contribution in [3.63, 3.8) is 0 Å². The second kappa shape index (κ2) is 3.46. The highest BCUT2D eigenvalue weighted by molar-refractivity contribution is 9.11. The third kappa shape index (κ3) is 2.07. The average Bonchev–Trinajstić information content (AvgIpc) is 1.82. The van der Waals surface area contributed by atoms with Gasteiger partial charge in [0.2, 0.25) is 0 Å². The van der Waals surface area contributed by atoms with Gasteiger partial charge >= 0.3 is 0 Å². The monoisotopic (exact) mass is 291 g/mol. The average molecular weight is 293 g/mol. The van der Waals surface area contributed by atoms with Gasteiger partial charge in [0.1, 0.15) is 0 Å². The Bertz CT molecular complexity index is 269. The van der Waals surface area contributed by atoms with E-state index >= 15 is 0 Å². The lowest BCUT2D eigenvalue weighted by Gasteiger charge is -2.21. The molecule has 3 heteroatoms. The summed E-state index contributed by atoms with van der Waals surface area (Å²) >= 11 is 6.98. The van der Waals surface area contributed by atoms with Crippen molar-refractivity contribution < 1.29 is 0 Å². The molecule has 0 unspecified atom stereocenters. The molecule has 0 aliphatic heterocycles. The summed E-state index contributed by atoms with van der Waals surface area (Å²) in [7, 11) is 0. The third-order valence-corrected chi connectivity index (χ3v) is 2.81. The van der Waals surface area contributed by atoms with Gasteiger partial charge in [-0.3, -0.25) is 4.98 Å². The Morgan fingerprint density at radius 3 is 1.75 bits per heavy atom. The highest BCUT2D eigenvalue weighted by Gasteiger charge is 2.19. The molecule has 0 radical (unpaired) electrons. The van der Waals surface area contributed by atoms with E-state index in [4.69, 9.17) is 0 Å². The number of halogens is 2. The molecule has 1 aromatic rings. The SMILES string of the molecule is CC(C)(C)c1c(Br)cncc1Br. The molecule has 0 aliphatic rings. The van der Waals surface area contributed by atoms with Crippen LogP contribution in [0.25, 0.3) is 0 Å². The molecular formula is C9H11Br2N. The number of nitrogens with zero attached hydrogens (tertiary/aromatic N) is 1. The van der Waals surface area contributed by atoms with Crippen LogP contribution in [0.4, 0.5) is 0 Å². The van der Waals surface area contributed by atoms with Crippen molar-refractivity contribution in [1.82, 2.24) is 4.98 Å². The molecule has 0 aromatic carbocycles. The van der Waals surface area contributed by atoms with Crippen molar-refractivity contribution in [2.45, 2.75) is 26.2 Å². The molecule has 0 N–H and O–H groups in total. The van der Waals surface area contributed by atoms with Crippen molar-refractivity contribution >= 4 is 31.9 Å². The van der Waals surface area contributed by atoms with Gasteiger partial charge in [0, 0.05) is 21.3 Å². The van der Waals surface area contributed by atoms with Crippen LogP contribution in [0.5, 0.6) is 0 Å². The number of hydrogen-bond acceptors (Lipinski definition) is 1. The molecule has 1 rings (SSSR count). The molecule has 0 amide bonds. The number of aromatic nitrogens is 1. The first-order valence-electron chi connectivity index (χ1n) is 3.72. The molecule has 66 valence electrons. The van der Waals surface area contributed by atoms with Crippen molar-refractivity contribution in [3.8, 4) is 0 Å². The molecule has 1 nitrogen and oxygen atoms in total. The summed E-state index contributed by atoms with van der Waals surface area (Å²) in [6.07, 6.45) is 3.65. The van der Waals surface area contributed by atoms with Gasteiger partial charge in [-0.25, -0.2) is 0 Å². The molecule has 0 spiro atoms. The smallest absolute Gasteiger partial charge is 0.0414 e. The van der Waals surface area contributed by atoms with Gasteiger partial charge in [0.25, 0.3) is 0 Å². The summed E-state index contributed by atoms with van der Waals surface area (Å²) in [5, 5.41) is 0. The van der Waals surface area contributed by atoms with Gasteiger partial charge in [-0.1, -0.05) is 20.8 Å². The Kier molecular flexibility index (Phi) is 2.94. The lowest BCUT2D eigenvalue weighted by Crippen LogP contribution is -2.13. The second-order valence-corrected chi connectivity index (χ2v) is 5.44. The van der Waals surface area contributed by atoms with Crippen LogP contribution >= 0.6 is 31.9 Å². The van der Waals surface area contributed by atoms with Crippen LogP contribution in [0.15, 0.2) is 21.3 Å². The fraction of sp³-hybridized carbons (Fsp3) is 0.444. The Balaban J connectivity index is 3.31. The largest absolute Gasteiger partial charge is 0.262 e. The van der Waals surface area contributed by atoms with Crippen LogP contribution < -0.4 is 0 Å². The maximum atomic E-state index is 4.06. The highest BCUT2D eigenvalue weighted by Crippen LogP contribution is 2.34. The summed E-state index contributed by atoms with van der Waals surface area (Å²) in [5.74, 6) is 0. The molecular weight excluding hydrogens is 282 g/mol. The zero-order valence-electron chi connectivity index (χ0n) is 7.36. The topological polar surface area (TPSA) is 12.9 Å². The zero-order valence-corrected chi connectivity index (χ0v) is 10.5. The molecule has 0 saturated carbocycles. The van der Waals surface area contributed by atoms with Crippen LogP contribution in [0.2, 0.25) is 0 Å². The van der Waals surface area contributed by atoms with Crippen LogP contribution in [0.1, 0.15) is 26.3 Å². The third-order valence-electron chi connectivity index (χ3n) is 1.60. The van der Waals surface area contributed by atoms with E-state index in [0.29, 0.717) is 0 Å². The van der Waals surface area contributed by atoms with E-state index in [1.54, 1.807) is 0 Å². The van der Waals surface area contributed by atoms with E-state index in [-0.39, 0.29) is 5.41 Å². The molecule has 0 fully saturated rings. The fourth-order valence-electron chi connectivity index (χ4n) is 1.13. The van der Waals surface area contributed by atoms with Crippen molar-refractivity contribution in [2.75, 3.05) is 0 Å². The summed E-state index contributed by atoms with van der Waals surface area (Å²) in [5.41, 5.74) is 1.40. The fourth-order valence-corrected chi connectivity index (χ4v) is 3.25. The predicted octanol–water partition coefficient (Wildman–Crippen LogP) is 3.90. The van der Waals surface area contributed by atoms with Gasteiger partial charge in [-0.15, -0.1) is 0 Å². The minimum Gasteiger partial charge on any atom is -0.262 e. The van der Waals surface area contributed by atoms with Crippen molar-refractivity contribution in [2.24, 2.45) is 0 Å². The van der Waals surface area contributed by atoms with E-state index in [1.807, 2.05) is 12.4 Å². The maximum Gasteiger partial charge on any atom is 0.0414 e. The van der Waals surface area contributed by atoms with E-state index in [9.17, 15) is 0 Å². The molecule has 0 saturated heterocycles. The quantitative estimate of drug-likeness (QED) is 0.707. The lowest BCUT2D eigenvalue weighted by molar-refractivity contribution is 0.582. The summed E-state index contributed by atoms with van der Waals surface area (Å²) in [6.45, 7) is 6.54. The Labute approximate surface area is 89.8 Å². The number of hydrogen-bond donors (Lipinski definition) is 0. The van der Waals surface area contributed by atoms with Crippen LogP contribution in [-0.4, -0.2) is 4.98 Å². The van der Waals surface area contributed by atoms with Gasteiger partial charge in [0.15, 0.2) is 0 Å². The second-order valence-electron chi connectivity index (χ2n) is 3.73. The summed E-state index contributed by atoms with van der Waals surface area (Å²) in [4.78, 5) is 4.06. The van der Waals surface area contributed by atoms with Gasteiger partial charge in [-0.2, -0.15) is 0 Å². The van der Waals surface area contributed by atoms with Gasteiger partial charge in [-0.05, 0) is 42.8 Å². The Morgan fingerprint density at radius 1 is 1.08 bits per heavy atom. The van der Waals surface area contributed by atoms with E-state index in [1.165, 1.54) is 5.56 Å². The molecule has 1 heterocycles. The lowest BCUT2D eigenvalue weighted by atomic mass is 9.88.